The Kier molecular flexibility index (Phi) is 10.2. The first-order valence-corrected chi connectivity index (χ1v) is 14.4. The van der Waals surface area contributed by atoms with Crippen LogP contribution >= 0.6 is 0 Å². The van der Waals surface area contributed by atoms with Crippen LogP contribution in [0.25, 0.3) is 5.70 Å². The van der Waals surface area contributed by atoms with Gasteiger partial charge >= 0.3 is 6.03 Å². The Balaban J connectivity index is 1.41. The second-order valence-corrected chi connectivity index (χ2v) is 10.6. The molecule has 1 saturated heterocycles. The molecule has 41 heavy (non-hydrogen) atoms. The Hall–Kier alpha value is -4.14. The summed E-state index contributed by atoms with van der Waals surface area (Å²) in [4.78, 5) is 32.7. The normalized spacial score (nSPS) is 14.4. The number of piperazine rings is 1. The molecule has 0 bridgehead atoms. The van der Waals surface area contributed by atoms with Crippen LogP contribution in [0.1, 0.15) is 44.4 Å². The Bertz CT molecular complexity index is 1290. The highest BCUT2D eigenvalue weighted by atomic mass is 16.2. The zero-order valence-corrected chi connectivity index (χ0v) is 24.4. The summed E-state index contributed by atoms with van der Waals surface area (Å²) in [6, 6.07) is 26.6. The zero-order chi connectivity index (χ0) is 29.4. The summed E-state index contributed by atoms with van der Waals surface area (Å²) >= 11 is 0. The van der Waals surface area contributed by atoms with E-state index in [9.17, 15) is 9.59 Å². The fraction of sp³-hybridized carbons (Fsp3) is 0.333. The van der Waals surface area contributed by atoms with Gasteiger partial charge in [0.15, 0.2) is 0 Å². The molecule has 3 N–H and O–H groups in total. The molecule has 1 heterocycles. The highest BCUT2D eigenvalue weighted by Gasteiger charge is 2.31. The number of nitrogens with two attached hydrogens (primary N) is 1. The number of hydrogen-bond donors (Lipinski definition) is 2. The topological polar surface area (TPSA) is 85.2 Å². The van der Waals surface area contributed by atoms with Crippen LogP contribution in [0, 0.1) is 0 Å². The number of amides is 3. The molecule has 0 saturated carbocycles. The maximum Gasteiger partial charge on any atom is 0.343 e. The molecule has 4 rings (SSSR count). The van der Waals surface area contributed by atoms with Gasteiger partial charge in [-0.15, -0.1) is 0 Å². The first-order valence-electron chi connectivity index (χ1n) is 14.4. The van der Waals surface area contributed by atoms with Gasteiger partial charge in [-0.2, -0.15) is 0 Å². The van der Waals surface area contributed by atoms with Crippen LogP contribution in [0.3, 0.4) is 0 Å². The minimum atomic E-state index is -0.344. The van der Waals surface area contributed by atoms with Crippen LogP contribution < -0.4 is 21.1 Å². The molecule has 3 aromatic rings. The number of nitrogens with zero attached hydrogens (tertiary/aromatic N) is 4. The number of carbonyl (C=O) groups is 2. The van der Waals surface area contributed by atoms with Gasteiger partial charge in [0.05, 0.1) is 5.69 Å². The van der Waals surface area contributed by atoms with Gasteiger partial charge in [0.2, 0.25) is 5.91 Å². The molecule has 3 aromatic carbocycles. The maximum absolute atomic E-state index is 13.4. The molecule has 1 fully saturated rings. The van der Waals surface area contributed by atoms with E-state index in [1.54, 1.807) is 4.90 Å². The predicted molar refractivity (Wildman–Crippen MR) is 167 cm³/mol. The predicted octanol–water partition coefficient (Wildman–Crippen LogP) is 5.26. The van der Waals surface area contributed by atoms with Crippen LogP contribution in [-0.2, 0) is 4.79 Å². The second-order valence-electron chi connectivity index (χ2n) is 10.6. The van der Waals surface area contributed by atoms with Crippen molar-refractivity contribution in [2.45, 2.75) is 39.3 Å². The van der Waals surface area contributed by atoms with Crippen LogP contribution in [0.4, 0.5) is 16.2 Å². The van der Waals surface area contributed by atoms with Gasteiger partial charge in [0, 0.05) is 50.2 Å². The minimum absolute atomic E-state index is 0.0499. The number of anilines is 2. The van der Waals surface area contributed by atoms with Gasteiger partial charge in [-0.25, -0.2) is 15.6 Å². The summed E-state index contributed by atoms with van der Waals surface area (Å²) in [5.74, 6) is 6.38. The van der Waals surface area contributed by atoms with Crippen molar-refractivity contribution in [3.63, 3.8) is 0 Å². The van der Waals surface area contributed by atoms with E-state index in [1.807, 2.05) is 98.8 Å². The largest absolute Gasteiger partial charge is 0.369 e. The van der Waals surface area contributed by atoms with E-state index in [-0.39, 0.29) is 24.0 Å². The smallest absolute Gasteiger partial charge is 0.343 e. The highest BCUT2D eigenvalue weighted by molar-refractivity contribution is 5.96. The molecule has 8 heteroatoms. The van der Waals surface area contributed by atoms with Crippen LogP contribution in [0.2, 0.25) is 0 Å². The zero-order valence-electron chi connectivity index (χ0n) is 24.4. The minimum Gasteiger partial charge on any atom is -0.369 e. The molecule has 1 aliphatic rings. The SMILES string of the molecule is C=C(c1ccccc1)N(C(=O)N(N)c1ccc(N2CCN(C(C(=O)NCCC)c3ccccc3)CC2)cc1)C(C)C. The quantitative estimate of drug-likeness (QED) is 0.203. The summed E-state index contributed by atoms with van der Waals surface area (Å²) in [6.45, 7) is 13.9. The molecule has 216 valence electrons. The fourth-order valence-corrected chi connectivity index (χ4v) is 5.21. The Labute approximate surface area is 244 Å². The molecular weight excluding hydrogens is 512 g/mol. The molecule has 1 unspecified atom stereocenters. The van der Waals surface area contributed by atoms with Gasteiger partial charge < -0.3 is 10.2 Å². The number of carbonyl (C=O) groups excluding carboxylic acids is 2. The third-order valence-electron chi connectivity index (χ3n) is 7.41. The van der Waals surface area contributed by atoms with E-state index in [1.165, 1.54) is 5.01 Å². The lowest BCUT2D eigenvalue weighted by molar-refractivity contribution is -0.126. The highest BCUT2D eigenvalue weighted by Crippen LogP contribution is 2.27. The molecule has 1 atom stereocenters. The Morgan fingerprint density at radius 1 is 0.902 bits per heavy atom. The molecule has 3 amide bonds. The average Bonchev–Trinajstić information content (AvgIpc) is 3.01. The molecule has 0 radical (unpaired) electrons. The van der Waals surface area contributed by atoms with Crippen molar-refractivity contribution in [3.05, 3.63) is 103 Å². The van der Waals surface area contributed by atoms with Crippen molar-refractivity contribution in [2.75, 3.05) is 42.6 Å². The molecular formula is C33H42N6O2. The monoisotopic (exact) mass is 554 g/mol. The third kappa shape index (κ3) is 7.14. The summed E-state index contributed by atoms with van der Waals surface area (Å²) in [6.07, 6.45) is 0.903. The van der Waals surface area contributed by atoms with E-state index in [0.717, 1.165) is 49.4 Å². The first-order chi connectivity index (χ1) is 19.8. The summed E-state index contributed by atoms with van der Waals surface area (Å²) < 4.78 is 0. The van der Waals surface area contributed by atoms with Gasteiger partial charge in [-0.3, -0.25) is 14.6 Å². The molecule has 0 spiro atoms. The standard InChI is InChI=1S/C33H42N6O2/c1-5-20-35-32(40)31(28-14-10-7-11-15-28)37-23-21-36(22-24-37)29-16-18-30(19-17-29)39(34)33(41)38(25(2)3)26(4)27-12-8-6-9-13-27/h6-19,25,31H,4-5,20-24,34H2,1-3H3,(H,35,40). The Morgan fingerprint density at radius 2 is 1.49 bits per heavy atom. The van der Waals surface area contributed by atoms with E-state index < -0.39 is 0 Å². The first kappa shape index (κ1) is 29.8. The van der Waals surface area contributed by atoms with Crippen LogP contribution in [0.15, 0.2) is 91.5 Å². The fourth-order valence-electron chi connectivity index (χ4n) is 5.21. The van der Waals surface area contributed by atoms with Crippen molar-refractivity contribution in [3.8, 4) is 0 Å². The van der Waals surface area contributed by atoms with Crippen molar-refractivity contribution >= 4 is 29.0 Å². The lowest BCUT2D eigenvalue weighted by Crippen LogP contribution is -2.51. The lowest BCUT2D eigenvalue weighted by Gasteiger charge is -2.40. The number of rotatable bonds is 10. The second kappa shape index (κ2) is 14.0. The Morgan fingerprint density at radius 3 is 2.05 bits per heavy atom. The molecule has 1 aliphatic heterocycles. The van der Waals surface area contributed by atoms with Crippen LogP contribution in [-0.4, -0.2) is 60.5 Å². The van der Waals surface area contributed by atoms with E-state index in [0.29, 0.717) is 17.9 Å². The summed E-state index contributed by atoms with van der Waals surface area (Å²) in [5, 5.41) is 4.26. The molecule has 8 nitrogen and oxygen atoms in total. The van der Waals surface area contributed by atoms with Crippen molar-refractivity contribution in [1.82, 2.24) is 15.1 Å². The molecule has 0 aromatic heterocycles. The van der Waals surface area contributed by atoms with Gasteiger partial charge in [0.1, 0.15) is 6.04 Å². The van der Waals surface area contributed by atoms with Crippen molar-refractivity contribution in [2.24, 2.45) is 5.84 Å². The van der Waals surface area contributed by atoms with E-state index in [2.05, 4.69) is 28.6 Å². The number of hydrazine groups is 1. The maximum atomic E-state index is 13.4. The van der Waals surface area contributed by atoms with Crippen molar-refractivity contribution in [1.29, 1.82) is 0 Å². The number of urea groups is 1. The van der Waals surface area contributed by atoms with E-state index in [4.69, 9.17) is 5.84 Å². The lowest BCUT2D eigenvalue weighted by atomic mass is 10.0. The third-order valence-corrected chi connectivity index (χ3v) is 7.41. The van der Waals surface area contributed by atoms with Gasteiger partial charge in [-0.05, 0) is 55.7 Å². The van der Waals surface area contributed by atoms with Gasteiger partial charge in [-0.1, -0.05) is 74.2 Å². The average molecular weight is 555 g/mol. The van der Waals surface area contributed by atoms with Gasteiger partial charge in [0.25, 0.3) is 0 Å². The van der Waals surface area contributed by atoms with E-state index >= 15 is 0 Å². The number of hydrogen-bond acceptors (Lipinski definition) is 5. The van der Waals surface area contributed by atoms with Crippen molar-refractivity contribution < 1.29 is 9.59 Å². The number of nitrogens with one attached hydrogen (secondary N) is 1. The van der Waals surface area contributed by atoms with Crippen LogP contribution in [0.5, 0.6) is 0 Å². The summed E-state index contributed by atoms with van der Waals surface area (Å²) in [7, 11) is 0. The number of benzene rings is 3. The summed E-state index contributed by atoms with van der Waals surface area (Å²) in [5.41, 5.74) is 4.13. The molecule has 0 aliphatic carbocycles.